The molecule has 3 heteroatoms. The van der Waals surface area contributed by atoms with Gasteiger partial charge in [0.2, 0.25) is 0 Å². The Morgan fingerprint density at radius 3 is 2.67 bits per heavy atom. The van der Waals surface area contributed by atoms with Crippen molar-refractivity contribution in [3.8, 4) is 5.75 Å². The van der Waals surface area contributed by atoms with Crippen molar-refractivity contribution < 1.29 is 9.13 Å². The van der Waals surface area contributed by atoms with Crippen molar-refractivity contribution in [1.82, 2.24) is 5.32 Å². The van der Waals surface area contributed by atoms with E-state index in [1.165, 1.54) is 25.0 Å². The number of halogens is 1. The Bertz CT molecular complexity index is 295. The Labute approximate surface area is 89.4 Å². The van der Waals surface area contributed by atoms with E-state index in [2.05, 4.69) is 5.32 Å². The van der Waals surface area contributed by atoms with Crippen LogP contribution in [0.2, 0.25) is 0 Å². The van der Waals surface area contributed by atoms with Gasteiger partial charge in [-0.25, -0.2) is 4.39 Å². The van der Waals surface area contributed by atoms with Gasteiger partial charge in [0.15, 0.2) is 0 Å². The smallest absolute Gasteiger partial charge is 0.123 e. The molecule has 0 aliphatic heterocycles. The van der Waals surface area contributed by atoms with Crippen molar-refractivity contribution in [3.05, 3.63) is 30.1 Å². The maximum absolute atomic E-state index is 12.6. The van der Waals surface area contributed by atoms with Crippen LogP contribution in [0, 0.1) is 5.82 Å². The monoisotopic (exact) mass is 209 g/mol. The van der Waals surface area contributed by atoms with Crippen LogP contribution in [0.3, 0.4) is 0 Å². The van der Waals surface area contributed by atoms with Crippen LogP contribution < -0.4 is 10.1 Å². The van der Waals surface area contributed by atoms with E-state index in [1.807, 2.05) is 0 Å². The van der Waals surface area contributed by atoms with E-state index in [9.17, 15) is 4.39 Å². The number of hydrogen-bond acceptors (Lipinski definition) is 2. The fraction of sp³-hybridized carbons (Fsp3) is 0.500. The highest BCUT2D eigenvalue weighted by atomic mass is 19.1. The molecule has 0 spiro atoms. The Morgan fingerprint density at radius 1 is 1.27 bits per heavy atom. The quantitative estimate of drug-likeness (QED) is 0.726. The lowest BCUT2D eigenvalue weighted by Gasteiger charge is -2.06. The molecule has 82 valence electrons. The van der Waals surface area contributed by atoms with Gasteiger partial charge in [-0.15, -0.1) is 0 Å². The van der Waals surface area contributed by atoms with Crippen LogP contribution in [0.1, 0.15) is 19.3 Å². The molecular formula is C12H16FNO. The summed E-state index contributed by atoms with van der Waals surface area (Å²) in [6.07, 6.45) is 3.63. The van der Waals surface area contributed by atoms with Crippen molar-refractivity contribution in [2.24, 2.45) is 0 Å². The highest BCUT2D eigenvalue weighted by Crippen LogP contribution is 2.18. The van der Waals surface area contributed by atoms with E-state index < -0.39 is 0 Å². The minimum atomic E-state index is -0.224. The molecule has 1 aliphatic carbocycles. The number of ether oxygens (including phenoxy) is 1. The first-order chi connectivity index (χ1) is 7.34. The molecule has 0 unspecified atom stereocenters. The van der Waals surface area contributed by atoms with Crippen molar-refractivity contribution in [2.45, 2.75) is 25.3 Å². The van der Waals surface area contributed by atoms with Gasteiger partial charge >= 0.3 is 0 Å². The molecule has 2 rings (SSSR count). The molecule has 0 atom stereocenters. The normalized spacial score (nSPS) is 15.3. The summed E-state index contributed by atoms with van der Waals surface area (Å²) < 4.78 is 18.0. The van der Waals surface area contributed by atoms with Crippen molar-refractivity contribution in [3.63, 3.8) is 0 Å². The lowest BCUT2D eigenvalue weighted by atomic mass is 10.3. The molecule has 1 fully saturated rings. The predicted molar refractivity (Wildman–Crippen MR) is 57.5 cm³/mol. The minimum Gasteiger partial charge on any atom is -0.494 e. The van der Waals surface area contributed by atoms with E-state index >= 15 is 0 Å². The van der Waals surface area contributed by atoms with E-state index in [0.717, 1.165) is 24.8 Å². The van der Waals surface area contributed by atoms with E-state index in [4.69, 9.17) is 4.74 Å². The SMILES string of the molecule is Fc1ccc(OCCCNC2CC2)cc1. The van der Waals surface area contributed by atoms with Gasteiger partial charge < -0.3 is 10.1 Å². The van der Waals surface area contributed by atoms with Crippen LogP contribution in [0.25, 0.3) is 0 Å². The van der Waals surface area contributed by atoms with Crippen molar-refractivity contribution in [1.29, 1.82) is 0 Å². The molecule has 0 radical (unpaired) electrons. The zero-order valence-corrected chi connectivity index (χ0v) is 8.71. The van der Waals surface area contributed by atoms with Gasteiger partial charge in [0.05, 0.1) is 6.61 Å². The third-order valence-electron chi connectivity index (χ3n) is 2.41. The Hall–Kier alpha value is -1.09. The molecular weight excluding hydrogens is 193 g/mol. The molecule has 2 nitrogen and oxygen atoms in total. The lowest BCUT2D eigenvalue weighted by molar-refractivity contribution is 0.307. The van der Waals surface area contributed by atoms with Crippen LogP contribution in [0.5, 0.6) is 5.75 Å². The van der Waals surface area contributed by atoms with Gasteiger partial charge in [0.25, 0.3) is 0 Å². The first-order valence-electron chi connectivity index (χ1n) is 5.46. The summed E-state index contributed by atoms with van der Waals surface area (Å²) in [6.45, 7) is 1.69. The highest BCUT2D eigenvalue weighted by Gasteiger charge is 2.19. The third-order valence-corrected chi connectivity index (χ3v) is 2.41. The predicted octanol–water partition coefficient (Wildman–Crippen LogP) is 2.35. The Balaban J connectivity index is 1.58. The maximum Gasteiger partial charge on any atom is 0.123 e. The molecule has 0 aromatic heterocycles. The van der Waals surface area contributed by atoms with Crippen molar-refractivity contribution >= 4 is 0 Å². The molecule has 1 N–H and O–H groups in total. The average Bonchev–Trinajstić information content (AvgIpc) is 3.04. The summed E-state index contributed by atoms with van der Waals surface area (Å²) in [7, 11) is 0. The highest BCUT2D eigenvalue weighted by molar-refractivity contribution is 5.21. The first-order valence-corrected chi connectivity index (χ1v) is 5.46. The van der Waals surface area contributed by atoms with Crippen LogP contribution in [0.15, 0.2) is 24.3 Å². The second kappa shape index (κ2) is 5.12. The maximum atomic E-state index is 12.6. The fourth-order valence-electron chi connectivity index (χ4n) is 1.39. The lowest BCUT2D eigenvalue weighted by Crippen LogP contribution is -2.19. The summed E-state index contributed by atoms with van der Waals surface area (Å²) in [5.74, 6) is 0.514. The topological polar surface area (TPSA) is 21.3 Å². The van der Waals surface area contributed by atoms with Gasteiger partial charge in [-0.1, -0.05) is 0 Å². The number of hydrogen-bond donors (Lipinski definition) is 1. The molecule has 1 aromatic carbocycles. The minimum absolute atomic E-state index is 0.224. The van der Waals surface area contributed by atoms with Crippen molar-refractivity contribution in [2.75, 3.05) is 13.2 Å². The zero-order valence-electron chi connectivity index (χ0n) is 8.71. The molecule has 1 saturated carbocycles. The second-order valence-corrected chi connectivity index (χ2v) is 3.88. The number of nitrogens with one attached hydrogen (secondary N) is 1. The van der Waals surface area contributed by atoms with Crippen LogP contribution in [0.4, 0.5) is 4.39 Å². The van der Waals surface area contributed by atoms with Crippen LogP contribution in [-0.4, -0.2) is 19.2 Å². The summed E-state index contributed by atoms with van der Waals surface area (Å²) in [4.78, 5) is 0. The third kappa shape index (κ3) is 3.88. The fourth-order valence-corrected chi connectivity index (χ4v) is 1.39. The Kier molecular flexibility index (Phi) is 3.56. The molecule has 0 heterocycles. The van der Waals surface area contributed by atoms with Crippen LogP contribution >= 0.6 is 0 Å². The summed E-state index contributed by atoms with van der Waals surface area (Å²) in [6, 6.07) is 6.90. The number of rotatable bonds is 6. The number of benzene rings is 1. The van der Waals surface area contributed by atoms with Gasteiger partial charge in [-0.2, -0.15) is 0 Å². The van der Waals surface area contributed by atoms with Gasteiger partial charge in [0, 0.05) is 6.04 Å². The molecule has 1 aromatic rings. The largest absolute Gasteiger partial charge is 0.494 e. The molecule has 0 bridgehead atoms. The first kappa shape index (κ1) is 10.4. The van der Waals surface area contributed by atoms with Gasteiger partial charge in [-0.3, -0.25) is 0 Å². The van der Waals surface area contributed by atoms with E-state index in [-0.39, 0.29) is 5.82 Å². The molecule has 0 amide bonds. The van der Waals surface area contributed by atoms with Crippen LogP contribution in [-0.2, 0) is 0 Å². The summed E-state index contributed by atoms with van der Waals surface area (Å²) in [5, 5.41) is 3.41. The van der Waals surface area contributed by atoms with E-state index in [1.54, 1.807) is 12.1 Å². The van der Waals surface area contributed by atoms with Gasteiger partial charge in [-0.05, 0) is 50.1 Å². The molecule has 1 aliphatic rings. The molecule has 15 heavy (non-hydrogen) atoms. The average molecular weight is 209 g/mol. The zero-order chi connectivity index (χ0) is 10.5. The summed E-state index contributed by atoms with van der Waals surface area (Å²) in [5.41, 5.74) is 0. The van der Waals surface area contributed by atoms with E-state index in [0.29, 0.717) is 6.61 Å². The second-order valence-electron chi connectivity index (χ2n) is 3.88. The Morgan fingerprint density at radius 2 is 2.00 bits per heavy atom. The van der Waals surface area contributed by atoms with Gasteiger partial charge in [0.1, 0.15) is 11.6 Å². The standard InChI is InChI=1S/C12H16FNO/c13-10-2-6-12(7-3-10)15-9-1-8-14-11-4-5-11/h2-3,6-7,11,14H,1,4-5,8-9H2. The summed E-state index contributed by atoms with van der Waals surface area (Å²) >= 11 is 0. The molecule has 0 saturated heterocycles.